The van der Waals surface area contributed by atoms with E-state index in [-0.39, 0.29) is 5.78 Å². The van der Waals surface area contributed by atoms with Crippen LogP contribution < -0.4 is 0 Å². The molecule has 3 rings (SSSR count). The van der Waals surface area contributed by atoms with E-state index >= 15 is 0 Å². The number of nitrogens with zero attached hydrogens (tertiary/aromatic N) is 2. The smallest absolute Gasteiger partial charge is 0.212 e. The summed E-state index contributed by atoms with van der Waals surface area (Å²) in [6, 6.07) is 9.71. The number of Topliss-reactive ketones (excluding diaryl/α,β-unsaturated/α-hetero) is 1. The standard InChI is InChI=1S/C16H16ClN3O/c1-9-8-12(15(21)10(2)17)11(3)20(9)16-18-13-6-4-5-7-14(13)19-16/h4-8,10H,1-3H3,(H,18,19). The highest BCUT2D eigenvalue weighted by Gasteiger charge is 2.21. The summed E-state index contributed by atoms with van der Waals surface area (Å²) in [4.78, 5) is 20.0. The molecule has 0 aliphatic heterocycles. The summed E-state index contributed by atoms with van der Waals surface area (Å²) in [5.74, 6) is 0.652. The number of H-pyrrole nitrogens is 1. The van der Waals surface area contributed by atoms with Gasteiger partial charge in [0, 0.05) is 17.0 Å². The molecule has 4 nitrogen and oxygen atoms in total. The summed E-state index contributed by atoms with van der Waals surface area (Å²) in [7, 11) is 0. The number of benzene rings is 1. The van der Waals surface area contributed by atoms with Crippen molar-refractivity contribution in [3.63, 3.8) is 0 Å². The predicted octanol–water partition coefficient (Wildman–Crippen LogP) is 3.78. The number of carbonyl (C=O) groups is 1. The van der Waals surface area contributed by atoms with Crippen LogP contribution in [0.4, 0.5) is 0 Å². The fourth-order valence-electron chi connectivity index (χ4n) is 2.60. The molecule has 5 heteroatoms. The van der Waals surface area contributed by atoms with Crippen molar-refractivity contribution < 1.29 is 4.79 Å². The van der Waals surface area contributed by atoms with Crippen molar-refractivity contribution in [3.8, 4) is 5.95 Å². The lowest BCUT2D eigenvalue weighted by atomic mass is 10.1. The minimum absolute atomic E-state index is 0.0628. The monoisotopic (exact) mass is 301 g/mol. The van der Waals surface area contributed by atoms with E-state index in [4.69, 9.17) is 11.6 Å². The maximum atomic E-state index is 12.2. The largest absolute Gasteiger partial charge is 0.323 e. The second-order valence-corrected chi connectivity index (χ2v) is 5.83. The molecular weight excluding hydrogens is 286 g/mol. The average Bonchev–Trinajstić information content (AvgIpc) is 2.98. The molecule has 108 valence electrons. The fraction of sp³-hybridized carbons (Fsp3) is 0.250. The van der Waals surface area contributed by atoms with Crippen LogP contribution in [0, 0.1) is 13.8 Å². The minimum Gasteiger partial charge on any atom is -0.323 e. The Balaban J connectivity index is 2.16. The number of ketones is 1. The highest BCUT2D eigenvalue weighted by Crippen LogP contribution is 2.23. The van der Waals surface area contributed by atoms with Gasteiger partial charge in [-0.2, -0.15) is 0 Å². The van der Waals surface area contributed by atoms with Crippen molar-refractivity contribution in [2.24, 2.45) is 0 Å². The number of hydrogen-bond acceptors (Lipinski definition) is 2. The second-order valence-electron chi connectivity index (χ2n) is 5.18. The highest BCUT2D eigenvalue weighted by molar-refractivity contribution is 6.33. The van der Waals surface area contributed by atoms with Crippen LogP contribution in [0.25, 0.3) is 17.0 Å². The zero-order chi connectivity index (χ0) is 15.1. The topological polar surface area (TPSA) is 50.7 Å². The van der Waals surface area contributed by atoms with Gasteiger partial charge >= 0.3 is 0 Å². The number of aryl methyl sites for hydroxylation is 1. The Morgan fingerprint density at radius 1 is 1.33 bits per heavy atom. The quantitative estimate of drug-likeness (QED) is 0.591. The normalized spacial score (nSPS) is 12.8. The first-order chi connectivity index (χ1) is 9.99. The average molecular weight is 302 g/mol. The van der Waals surface area contributed by atoms with E-state index in [1.165, 1.54) is 0 Å². The lowest BCUT2D eigenvalue weighted by Gasteiger charge is -2.06. The number of para-hydroxylation sites is 2. The molecule has 3 aromatic rings. The summed E-state index contributed by atoms with van der Waals surface area (Å²) in [6.07, 6.45) is 0. The Morgan fingerprint density at radius 2 is 2.05 bits per heavy atom. The van der Waals surface area contributed by atoms with E-state index in [0.717, 1.165) is 22.4 Å². The number of fused-ring (bicyclic) bond motifs is 1. The molecule has 1 atom stereocenters. The number of imidazole rings is 1. The number of halogens is 1. The lowest BCUT2D eigenvalue weighted by Crippen LogP contribution is -2.12. The third kappa shape index (κ3) is 2.25. The molecule has 21 heavy (non-hydrogen) atoms. The Kier molecular flexibility index (Phi) is 3.33. The molecule has 2 aromatic heterocycles. The summed E-state index contributed by atoms with van der Waals surface area (Å²) < 4.78 is 1.95. The SMILES string of the molecule is Cc1cc(C(=O)C(C)Cl)c(C)n1-c1nc2ccccc2[nH]1. The molecule has 0 saturated heterocycles. The van der Waals surface area contributed by atoms with Crippen LogP contribution in [0.2, 0.25) is 0 Å². The van der Waals surface area contributed by atoms with Crippen LogP contribution in [0.3, 0.4) is 0 Å². The van der Waals surface area contributed by atoms with Gasteiger partial charge in [-0.05, 0) is 39.0 Å². The van der Waals surface area contributed by atoms with Crippen molar-refractivity contribution in [2.75, 3.05) is 0 Å². The van der Waals surface area contributed by atoms with Gasteiger partial charge in [0.1, 0.15) is 0 Å². The second kappa shape index (κ2) is 5.04. The Hall–Kier alpha value is -2.07. The minimum atomic E-state index is -0.533. The molecule has 0 amide bonds. The van der Waals surface area contributed by atoms with Gasteiger partial charge in [-0.25, -0.2) is 4.98 Å². The van der Waals surface area contributed by atoms with Crippen LogP contribution in [0.1, 0.15) is 28.7 Å². The number of aromatic nitrogens is 3. The molecule has 0 saturated carbocycles. The van der Waals surface area contributed by atoms with Gasteiger partial charge in [-0.3, -0.25) is 9.36 Å². The van der Waals surface area contributed by atoms with Gasteiger partial charge < -0.3 is 4.98 Å². The Bertz CT molecular complexity index is 796. The van der Waals surface area contributed by atoms with Gasteiger partial charge in [-0.15, -0.1) is 11.6 Å². The van der Waals surface area contributed by atoms with Crippen LogP contribution in [-0.4, -0.2) is 25.7 Å². The van der Waals surface area contributed by atoms with Crippen molar-refractivity contribution in [1.29, 1.82) is 0 Å². The molecule has 0 fully saturated rings. The zero-order valence-electron chi connectivity index (χ0n) is 12.1. The summed E-state index contributed by atoms with van der Waals surface area (Å²) in [5, 5.41) is -0.533. The first kappa shape index (κ1) is 13.9. The fourth-order valence-corrected chi connectivity index (χ4v) is 2.72. The number of aromatic amines is 1. The molecular formula is C16H16ClN3O. The molecule has 2 heterocycles. The Labute approximate surface area is 127 Å². The zero-order valence-corrected chi connectivity index (χ0v) is 12.9. The van der Waals surface area contributed by atoms with Gasteiger partial charge in [0.15, 0.2) is 5.78 Å². The maximum absolute atomic E-state index is 12.2. The molecule has 1 N–H and O–H groups in total. The summed E-state index contributed by atoms with van der Waals surface area (Å²) in [6.45, 7) is 5.56. The van der Waals surface area contributed by atoms with E-state index < -0.39 is 5.38 Å². The number of carbonyl (C=O) groups excluding carboxylic acids is 1. The van der Waals surface area contributed by atoms with Crippen LogP contribution in [0.15, 0.2) is 30.3 Å². The predicted molar refractivity (Wildman–Crippen MR) is 84.5 cm³/mol. The van der Waals surface area contributed by atoms with Crippen LogP contribution in [-0.2, 0) is 0 Å². The lowest BCUT2D eigenvalue weighted by molar-refractivity contribution is 0.0991. The molecule has 0 radical (unpaired) electrons. The number of rotatable bonds is 3. The third-order valence-electron chi connectivity index (χ3n) is 3.65. The number of hydrogen-bond donors (Lipinski definition) is 1. The van der Waals surface area contributed by atoms with Crippen molar-refractivity contribution in [2.45, 2.75) is 26.1 Å². The van der Waals surface area contributed by atoms with Gasteiger partial charge in [0.2, 0.25) is 5.95 Å². The van der Waals surface area contributed by atoms with E-state index in [0.29, 0.717) is 11.5 Å². The van der Waals surface area contributed by atoms with Crippen molar-refractivity contribution in [1.82, 2.24) is 14.5 Å². The highest BCUT2D eigenvalue weighted by atomic mass is 35.5. The third-order valence-corrected chi connectivity index (χ3v) is 3.84. The van der Waals surface area contributed by atoms with Crippen molar-refractivity contribution in [3.05, 3.63) is 47.3 Å². The first-order valence-corrected chi connectivity index (χ1v) is 7.25. The molecule has 0 spiro atoms. The Morgan fingerprint density at radius 3 is 2.71 bits per heavy atom. The molecule has 1 unspecified atom stereocenters. The van der Waals surface area contributed by atoms with Gasteiger partial charge in [0.25, 0.3) is 0 Å². The van der Waals surface area contributed by atoms with E-state index in [1.54, 1.807) is 6.92 Å². The molecule has 0 bridgehead atoms. The molecule has 1 aromatic carbocycles. The van der Waals surface area contributed by atoms with Crippen LogP contribution >= 0.6 is 11.6 Å². The summed E-state index contributed by atoms with van der Waals surface area (Å²) >= 11 is 5.92. The number of alkyl halides is 1. The van der Waals surface area contributed by atoms with E-state index in [2.05, 4.69) is 9.97 Å². The van der Waals surface area contributed by atoms with E-state index in [1.807, 2.05) is 48.7 Å². The number of nitrogens with one attached hydrogen (secondary N) is 1. The van der Waals surface area contributed by atoms with E-state index in [9.17, 15) is 4.79 Å². The molecule has 0 aliphatic carbocycles. The first-order valence-electron chi connectivity index (χ1n) is 6.81. The van der Waals surface area contributed by atoms with Crippen LogP contribution in [0.5, 0.6) is 0 Å². The van der Waals surface area contributed by atoms with Crippen molar-refractivity contribution >= 4 is 28.4 Å². The van der Waals surface area contributed by atoms with Gasteiger partial charge in [-0.1, -0.05) is 12.1 Å². The molecule has 0 aliphatic rings. The maximum Gasteiger partial charge on any atom is 0.212 e. The summed E-state index contributed by atoms with van der Waals surface area (Å²) in [5.41, 5.74) is 4.32. The van der Waals surface area contributed by atoms with Gasteiger partial charge in [0.05, 0.1) is 16.4 Å².